The van der Waals surface area contributed by atoms with Crippen molar-refractivity contribution in [1.29, 1.82) is 0 Å². The minimum atomic E-state index is -4.52. The van der Waals surface area contributed by atoms with Crippen LogP contribution in [-0.4, -0.2) is 30.1 Å². The second-order valence-corrected chi connectivity index (χ2v) is 5.04. The summed E-state index contributed by atoms with van der Waals surface area (Å²) in [6.07, 6.45) is -2.82. The average molecular weight is 406 g/mol. The first-order valence-electron chi connectivity index (χ1n) is 7.40. The van der Waals surface area contributed by atoms with Crippen molar-refractivity contribution >= 4 is 17.6 Å². The summed E-state index contributed by atoms with van der Waals surface area (Å²) < 4.78 is 84.3. The Morgan fingerprint density at radius 1 is 1.21 bits per heavy atom. The van der Waals surface area contributed by atoms with E-state index < -0.39 is 29.9 Å². The SMILES string of the molecule is NN=C(C=Nc1ccc(F)c(OC(F)F)c1)COc1ccc(C(F)(F)F)cn1. The van der Waals surface area contributed by atoms with Crippen LogP contribution in [0.1, 0.15) is 5.56 Å². The van der Waals surface area contributed by atoms with E-state index in [1.165, 1.54) is 6.07 Å². The van der Waals surface area contributed by atoms with E-state index in [9.17, 15) is 26.3 Å². The lowest BCUT2D eigenvalue weighted by molar-refractivity contribution is -0.137. The molecule has 150 valence electrons. The van der Waals surface area contributed by atoms with Crippen molar-refractivity contribution in [2.75, 3.05) is 6.61 Å². The van der Waals surface area contributed by atoms with Gasteiger partial charge in [0.25, 0.3) is 0 Å². The van der Waals surface area contributed by atoms with Gasteiger partial charge >= 0.3 is 12.8 Å². The quantitative estimate of drug-likeness (QED) is 0.327. The number of halogens is 6. The van der Waals surface area contributed by atoms with Crippen molar-refractivity contribution < 1.29 is 35.8 Å². The lowest BCUT2D eigenvalue weighted by Gasteiger charge is -2.08. The van der Waals surface area contributed by atoms with Gasteiger partial charge in [0.2, 0.25) is 5.88 Å². The normalized spacial score (nSPS) is 12.6. The number of aliphatic imine (C=N–C) groups is 1. The highest BCUT2D eigenvalue weighted by Crippen LogP contribution is 2.29. The maximum atomic E-state index is 13.4. The Balaban J connectivity index is 2.01. The van der Waals surface area contributed by atoms with Crippen LogP contribution < -0.4 is 15.3 Å². The van der Waals surface area contributed by atoms with Gasteiger partial charge in [-0.2, -0.15) is 27.1 Å². The van der Waals surface area contributed by atoms with E-state index >= 15 is 0 Å². The van der Waals surface area contributed by atoms with Gasteiger partial charge < -0.3 is 15.3 Å². The van der Waals surface area contributed by atoms with Crippen molar-refractivity contribution in [3.05, 3.63) is 47.9 Å². The van der Waals surface area contributed by atoms with Crippen LogP contribution in [0, 0.1) is 5.82 Å². The number of aromatic nitrogens is 1. The standard InChI is InChI=1S/C16H12F6N4O2/c17-12-3-2-10(5-13(12)28-15(18)19)24-7-11(26-23)8-27-14-4-1-9(6-25-14)16(20,21)22/h1-7,15H,8,23H2. The van der Waals surface area contributed by atoms with Gasteiger partial charge in [-0.1, -0.05) is 0 Å². The van der Waals surface area contributed by atoms with Crippen LogP contribution in [-0.2, 0) is 6.18 Å². The Kier molecular flexibility index (Phi) is 6.79. The Morgan fingerprint density at radius 3 is 2.54 bits per heavy atom. The van der Waals surface area contributed by atoms with Gasteiger partial charge in [-0.05, 0) is 18.2 Å². The number of nitrogens with zero attached hydrogens (tertiary/aromatic N) is 3. The molecule has 28 heavy (non-hydrogen) atoms. The van der Waals surface area contributed by atoms with Gasteiger partial charge in [-0.15, -0.1) is 0 Å². The number of rotatable bonds is 7. The molecule has 2 N–H and O–H groups in total. The van der Waals surface area contributed by atoms with Crippen LogP contribution in [0.25, 0.3) is 0 Å². The zero-order valence-electron chi connectivity index (χ0n) is 13.8. The molecule has 1 aromatic heterocycles. The number of hydrogen-bond acceptors (Lipinski definition) is 6. The summed E-state index contributed by atoms with van der Waals surface area (Å²) in [5.41, 5.74) is -0.833. The van der Waals surface area contributed by atoms with E-state index in [0.29, 0.717) is 6.20 Å². The van der Waals surface area contributed by atoms with Crippen LogP contribution in [0.15, 0.2) is 46.6 Å². The van der Waals surface area contributed by atoms with Crippen molar-refractivity contribution in [2.45, 2.75) is 12.8 Å². The van der Waals surface area contributed by atoms with Gasteiger partial charge in [-0.3, -0.25) is 4.99 Å². The zero-order chi connectivity index (χ0) is 20.7. The molecule has 2 rings (SSSR count). The molecule has 0 bridgehead atoms. The van der Waals surface area contributed by atoms with E-state index in [1.807, 2.05) is 0 Å². The number of nitrogens with two attached hydrogens (primary N) is 1. The minimum Gasteiger partial charge on any atom is -0.471 e. The first-order valence-corrected chi connectivity index (χ1v) is 7.40. The molecule has 0 atom stereocenters. The van der Waals surface area contributed by atoms with Gasteiger partial charge in [0.15, 0.2) is 11.6 Å². The van der Waals surface area contributed by atoms with Crippen molar-refractivity contribution in [2.24, 2.45) is 15.9 Å². The van der Waals surface area contributed by atoms with Gasteiger partial charge in [0, 0.05) is 18.3 Å². The Morgan fingerprint density at radius 2 is 1.96 bits per heavy atom. The fraction of sp³-hybridized carbons (Fsp3) is 0.188. The molecule has 0 radical (unpaired) electrons. The molecule has 1 aromatic carbocycles. The van der Waals surface area contributed by atoms with Crippen molar-refractivity contribution in [1.82, 2.24) is 4.98 Å². The number of ether oxygens (including phenoxy) is 2. The monoisotopic (exact) mass is 406 g/mol. The minimum absolute atomic E-state index is 0.0438. The third kappa shape index (κ3) is 6.14. The maximum Gasteiger partial charge on any atom is 0.417 e. The zero-order valence-corrected chi connectivity index (χ0v) is 13.8. The van der Waals surface area contributed by atoms with E-state index in [1.54, 1.807) is 0 Å². The molecular weight excluding hydrogens is 394 g/mol. The highest BCUT2D eigenvalue weighted by Gasteiger charge is 2.30. The van der Waals surface area contributed by atoms with E-state index in [2.05, 4.69) is 19.8 Å². The van der Waals surface area contributed by atoms with Crippen LogP contribution in [0.4, 0.5) is 32.0 Å². The largest absolute Gasteiger partial charge is 0.471 e. The summed E-state index contributed by atoms with van der Waals surface area (Å²) in [6.45, 7) is -3.50. The smallest absolute Gasteiger partial charge is 0.417 e. The van der Waals surface area contributed by atoms with E-state index in [0.717, 1.165) is 30.5 Å². The number of hydrogen-bond donors (Lipinski definition) is 1. The third-order valence-corrected chi connectivity index (χ3v) is 3.09. The predicted octanol–water partition coefficient (Wildman–Crippen LogP) is 3.94. The molecule has 2 aromatic rings. The fourth-order valence-electron chi connectivity index (χ4n) is 1.80. The number of hydrazone groups is 1. The Hall–Kier alpha value is -3.31. The molecule has 0 unspecified atom stereocenters. The topological polar surface area (TPSA) is 82.1 Å². The summed E-state index contributed by atoms with van der Waals surface area (Å²) in [5, 5.41) is 3.37. The van der Waals surface area contributed by atoms with Crippen molar-refractivity contribution in [3.8, 4) is 11.6 Å². The van der Waals surface area contributed by atoms with Crippen LogP contribution in [0.2, 0.25) is 0 Å². The molecular formula is C16H12F6N4O2. The van der Waals surface area contributed by atoms with Crippen LogP contribution in [0.5, 0.6) is 11.6 Å². The highest BCUT2D eigenvalue weighted by molar-refractivity contribution is 6.31. The molecule has 0 aliphatic heterocycles. The van der Waals surface area contributed by atoms with Gasteiger partial charge in [0.05, 0.1) is 17.5 Å². The van der Waals surface area contributed by atoms with Crippen molar-refractivity contribution in [3.63, 3.8) is 0 Å². The molecule has 1 heterocycles. The Bertz CT molecular complexity index is 853. The summed E-state index contributed by atoms with van der Waals surface area (Å²) >= 11 is 0. The van der Waals surface area contributed by atoms with Gasteiger partial charge in [-0.25, -0.2) is 9.37 Å². The van der Waals surface area contributed by atoms with E-state index in [4.69, 9.17) is 10.6 Å². The molecule has 0 aliphatic rings. The third-order valence-electron chi connectivity index (χ3n) is 3.09. The lowest BCUT2D eigenvalue weighted by Crippen LogP contribution is -2.15. The molecule has 0 fully saturated rings. The summed E-state index contributed by atoms with van der Waals surface area (Å²) in [7, 11) is 0. The molecule has 0 amide bonds. The van der Waals surface area contributed by atoms with Gasteiger partial charge in [0.1, 0.15) is 12.3 Å². The molecule has 0 saturated heterocycles. The first-order chi connectivity index (χ1) is 13.2. The average Bonchev–Trinajstić information content (AvgIpc) is 2.63. The molecule has 6 nitrogen and oxygen atoms in total. The molecule has 0 aliphatic carbocycles. The number of pyridine rings is 1. The summed E-state index contributed by atoms with van der Waals surface area (Å²) in [5.74, 6) is 3.36. The lowest BCUT2D eigenvalue weighted by atomic mass is 10.3. The molecule has 0 spiro atoms. The molecule has 0 saturated carbocycles. The second-order valence-electron chi connectivity index (χ2n) is 5.04. The maximum absolute atomic E-state index is 13.4. The molecule has 12 heteroatoms. The summed E-state index contributed by atoms with van der Waals surface area (Å²) in [4.78, 5) is 7.38. The van der Waals surface area contributed by atoms with E-state index in [-0.39, 0.29) is 23.9 Å². The predicted molar refractivity (Wildman–Crippen MR) is 87.5 cm³/mol. The first kappa shape index (κ1) is 21.0. The Labute approximate surface area is 154 Å². The fourth-order valence-corrected chi connectivity index (χ4v) is 1.80. The van der Waals surface area contributed by atoms with Crippen LogP contribution >= 0.6 is 0 Å². The number of alkyl halides is 5. The summed E-state index contributed by atoms with van der Waals surface area (Å²) in [6, 6.07) is 4.81. The second kappa shape index (κ2) is 9.06. The highest BCUT2D eigenvalue weighted by atomic mass is 19.4. The van der Waals surface area contributed by atoms with Crippen LogP contribution in [0.3, 0.4) is 0 Å². The number of benzene rings is 1.